The van der Waals surface area contributed by atoms with Gasteiger partial charge in [0.05, 0.1) is 19.2 Å². The third-order valence-electron chi connectivity index (χ3n) is 3.36. The Bertz CT molecular complexity index is 566. The van der Waals surface area contributed by atoms with E-state index in [0.29, 0.717) is 0 Å². The van der Waals surface area contributed by atoms with Crippen LogP contribution in [0, 0.1) is 5.92 Å². The Morgan fingerprint density at radius 2 is 2.40 bits per heavy atom. The minimum Gasteiger partial charge on any atom is -0.391 e. The van der Waals surface area contributed by atoms with Crippen LogP contribution in [0.4, 0.5) is 10.2 Å². The first-order chi connectivity index (χ1) is 9.49. The zero-order valence-electron chi connectivity index (χ0n) is 10.5. The predicted molar refractivity (Wildman–Crippen MR) is 67.9 cm³/mol. The number of aliphatic imine (C=N–C) groups is 1. The van der Waals surface area contributed by atoms with E-state index >= 15 is 0 Å². The second-order valence-corrected chi connectivity index (χ2v) is 4.47. The maximum absolute atomic E-state index is 13.2. The molecular weight excluding hydrogens is 271 g/mol. The van der Waals surface area contributed by atoms with E-state index in [0.717, 1.165) is 4.57 Å². The standard InChI is InChI=1S/C11H15FN4O4/c1-14-11(5-17)8(18)6(4-12)9(20-11)16-3-2-7(13)15-10(16)19/h2-3,6,8-9,17-18H,1,4-5H2,(H2,13,15,19)/t6?,8-,9+,11+/m0/s1. The molecule has 4 N–H and O–H groups in total. The summed E-state index contributed by atoms with van der Waals surface area (Å²) in [6.07, 6.45) is -1.32. The third kappa shape index (κ3) is 2.09. The number of hydrogen-bond donors (Lipinski definition) is 3. The van der Waals surface area contributed by atoms with E-state index in [9.17, 15) is 19.4 Å². The summed E-state index contributed by atoms with van der Waals surface area (Å²) >= 11 is 0. The van der Waals surface area contributed by atoms with Crippen LogP contribution in [0.15, 0.2) is 22.1 Å². The minimum absolute atomic E-state index is 0.0110. The number of alkyl halides is 1. The number of halogens is 1. The number of rotatable bonds is 4. The Morgan fingerprint density at radius 1 is 1.70 bits per heavy atom. The fourth-order valence-corrected chi connectivity index (χ4v) is 2.21. The van der Waals surface area contributed by atoms with Gasteiger partial charge in [0.1, 0.15) is 18.1 Å². The van der Waals surface area contributed by atoms with E-state index < -0.39 is 42.9 Å². The van der Waals surface area contributed by atoms with Gasteiger partial charge in [-0.1, -0.05) is 0 Å². The Labute approximate surface area is 113 Å². The number of anilines is 1. The average molecular weight is 286 g/mol. The first-order valence-corrected chi connectivity index (χ1v) is 5.84. The molecule has 4 atom stereocenters. The molecule has 0 saturated carbocycles. The van der Waals surface area contributed by atoms with Gasteiger partial charge in [-0.05, 0) is 12.8 Å². The van der Waals surface area contributed by atoms with Crippen molar-refractivity contribution in [1.82, 2.24) is 9.55 Å². The lowest BCUT2D eigenvalue weighted by Crippen LogP contribution is -2.43. The van der Waals surface area contributed by atoms with E-state index in [2.05, 4.69) is 16.7 Å². The van der Waals surface area contributed by atoms with Gasteiger partial charge in [0.15, 0.2) is 0 Å². The molecule has 1 aromatic rings. The Kier molecular flexibility index (Phi) is 3.84. The zero-order valence-corrected chi connectivity index (χ0v) is 10.5. The Balaban J connectivity index is 2.46. The molecule has 0 radical (unpaired) electrons. The highest BCUT2D eigenvalue weighted by Crippen LogP contribution is 2.41. The lowest BCUT2D eigenvalue weighted by atomic mass is 9.97. The van der Waals surface area contributed by atoms with Gasteiger partial charge in [-0.3, -0.25) is 13.9 Å². The SMILES string of the molecule is C=N[C@]1(CO)O[C@@H](n2ccc(N)nc2=O)C(CF)[C@@H]1O. The number of nitrogen functional groups attached to an aromatic ring is 1. The van der Waals surface area contributed by atoms with Gasteiger partial charge >= 0.3 is 5.69 Å². The molecular formula is C11H15FN4O4. The number of aliphatic hydroxyl groups excluding tert-OH is 2. The van der Waals surface area contributed by atoms with Gasteiger partial charge in [0, 0.05) is 6.20 Å². The van der Waals surface area contributed by atoms with Gasteiger partial charge in [-0.2, -0.15) is 4.98 Å². The van der Waals surface area contributed by atoms with Crippen molar-refractivity contribution in [2.75, 3.05) is 19.0 Å². The van der Waals surface area contributed by atoms with Gasteiger partial charge < -0.3 is 20.7 Å². The van der Waals surface area contributed by atoms with Crippen molar-refractivity contribution < 1.29 is 19.3 Å². The quantitative estimate of drug-likeness (QED) is 0.591. The summed E-state index contributed by atoms with van der Waals surface area (Å²) < 4.78 is 19.5. The molecule has 0 bridgehead atoms. The molecule has 1 saturated heterocycles. The molecule has 0 spiro atoms. The van der Waals surface area contributed by atoms with Crippen LogP contribution in [0.5, 0.6) is 0 Å². The molecule has 20 heavy (non-hydrogen) atoms. The molecule has 9 heteroatoms. The molecule has 0 aromatic carbocycles. The first-order valence-electron chi connectivity index (χ1n) is 5.84. The van der Waals surface area contributed by atoms with Crippen molar-refractivity contribution >= 4 is 12.5 Å². The summed E-state index contributed by atoms with van der Waals surface area (Å²) in [4.78, 5) is 18.8. The van der Waals surface area contributed by atoms with Crippen LogP contribution < -0.4 is 11.4 Å². The second-order valence-electron chi connectivity index (χ2n) is 4.47. The normalized spacial score (nSPS) is 33.2. The summed E-state index contributed by atoms with van der Waals surface area (Å²) in [5.74, 6) is -1.08. The van der Waals surface area contributed by atoms with Crippen molar-refractivity contribution in [3.63, 3.8) is 0 Å². The number of nitrogens with zero attached hydrogens (tertiary/aromatic N) is 3. The smallest absolute Gasteiger partial charge is 0.351 e. The van der Waals surface area contributed by atoms with Crippen molar-refractivity contribution in [3.8, 4) is 0 Å². The summed E-state index contributed by atoms with van der Waals surface area (Å²) in [5, 5.41) is 19.4. The fraction of sp³-hybridized carbons (Fsp3) is 0.545. The average Bonchev–Trinajstić information content (AvgIpc) is 2.71. The van der Waals surface area contributed by atoms with E-state index in [4.69, 9.17) is 10.5 Å². The molecule has 2 rings (SSSR count). The van der Waals surface area contributed by atoms with E-state index in [1.807, 2.05) is 0 Å². The molecule has 8 nitrogen and oxygen atoms in total. The van der Waals surface area contributed by atoms with Crippen molar-refractivity contribution in [2.45, 2.75) is 18.1 Å². The minimum atomic E-state index is -1.76. The van der Waals surface area contributed by atoms with Crippen LogP contribution >= 0.6 is 0 Å². The van der Waals surface area contributed by atoms with Crippen LogP contribution in [0.2, 0.25) is 0 Å². The summed E-state index contributed by atoms with van der Waals surface area (Å²) in [7, 11) is 0. The Morgan fingerprint density at radius 3 is 2.90 bits per heavy atom. The number of aromatic nitrogens is 2. The molecule has 1 aliphatic heterocycles. The predicted octanol–water partition coefficient (Wildman–Crippen LogP) is -1.31. The summed E-state index contributed by atoms with van der Waals surface area (Å²) in [5.41, 5.74) is 2.86. The first kappa shape index (κ1) is 14.6. The Hall–Kier alpha value is -1.84. The second kappa shape index (κ2) is 5.27. The number of ether oxygens (including phenoxy) is 1. The highest BCUT2D eigenvalue weighted by molar-refractivity contribution is 5.27. The number of aliphatic hydroxyl groups is 2. The van der Waals surface area contributed by atoms with Gasteiger partial charge in [-0.25, -0.2) is 4.79 Å². The number of hydrogen-bond acceptors (Lipinski definition) is 7. The van der Waals surface area contributed by atoms with Crippen molar-refractivity contribution in [3.05, 3.63) is 22.7 Å². The summed E-state index contributed by atoms with van der Waals surface area (Å²) in [6.45, 7) is 1.56. The fourth-order valence-electron chi connectivity index (χ4n) is 2.21. The van der Waals surface area contributed by atoms with Gasteiger partial charge in [0.25, 0.3) is 0 Å². The lowest BCUT2D eigenvalue weighted by molar-refractivity contribution is -0.122. The number of nitrogens with two attached hydrogens (primary N) is 1. The topological polar surface area (TPSA) is 123 Å². The molecule has 2 heterocycles. The van der Waals surface area contributed by atoms with Crippen molar-refractivity contribution in [2.24, 2.45) is 10.9 Å². The molecule has 1 unspecified atom stereocenters. The van der Waals surface area contributed by atoms with Crippen LogP contribution in [-0.2, 0) is 4.74 Å². The van der Waals surface area contributed by atoms with Gasteiger partial charge in [0.2, 0.25) is 5.72 Å². The van der Waals surface area contributed by atoms with Gasteiger partial charge in [-0.15, -0.1) is 0 Å². The molecule has 1 fully saturated rings. The lowest BCUT2D eigenvalue weighted by Gasteiger charge is -2.25. The molecule has 110 valence electrons. The van der Waals surface area contributed by atoms with E-state index in [-0.39, 0.29) is 5.82 Å². The van der Waals surface area contributed by atoms with E-state index in [1.165, 1.54) is 12.3 Å². The largest absolute Gasteiger partial charge is 0.391 e. The molecule has 0 aliphatic carbocycles. The molecule has 1 aliphatic rings. The third-order valence-corrected chi connectivity index (χ3v) is 3.36. The van der Waals surface area contributed by atoms with Crippen LogP contribution in [0.1, 0.15) is 6.23 Å². The van der Waals surface area contributed by atoms with Crippen LogP contribution in [-0.4, -0.2) is 51.6 Å². The van der Waals surface area contributed by atoms with Crippen LogP contribution in [0.25, 0.3) is 0 Å². The molecule has 1 aromatic heterocycles. The summed E-state index contributed by atoms with van der Waals surface area (Å²) in [6, 6.07) is 1.34. The highest BCUT2D eigenvalue weighted by atomic mass is 19.1. The highest BCUT2D eigenvalue weighted by Gasteiger charge is 2.55. The zero-order chi connectivity index (χ0) is 14.9. The van der Waals surface area contributed by atoms with E-state index in [1.54, 1.807) is 0 Å². The molecule has 0 amide bonds. The van der Waals surface area contributed by atoms with Crippen molar-refractivity contribution in [1.29, 1.82) is 0 Å². The maximum atomic E-state index is 13.2. The van der Waals surface area contributed by atoms with Crippen LogP contribution in [0.3, 0.4) is 0 Å². The monoisotopic (exact) mass is 286 g/mol. The maximum Gasteiger partial charge on any atom is 0.351 e.